The van der Waals surface area contributed by atoms with E-state index in [1.54, 1.807) is 0 Å². The molecule has 1 aromatic heterocycles. The van der Waals surface area contributed by atoms with Crippen molar-refractivity contribution in [1.29, 1.82) is 0 Å². The van der Waals surface area contributed by atoms with Gasteiger partial charge in [-0.3, -0.25) is 14.2 Å². The minimum absolute atomic E-state index is 0.0275. The Morgan fingerprint density at radius 2 is 1.79 bits per heavy atom. The van der Waals surface area contributed by atoms with Gasteiger partial charge in [-0.1, -0.05) is 41.6 Å². The van der Waals surface area contributed by atoms with E-state index < -0.39 is 0 Å². The summed E-state index contributed by atoms with van der Waals surface area (Å²) in [7, 11) is 0. The van der Waals surface area contributed by atoms with Crippen LogP contribution in [0.2, 0.25) is 5.02 Å². The predicted molar refractivity (Wildman–Crippen MR) is 133 cm³/mol. The topological polar surface area (TPSA) is 77.3 Å². The molecule has 1 aliphatic rings. The zero-order valence-corrected chi connectivity index (χ0v) is 20.8. The first-order valence-electron chi connectivity index (χ1n) is 11.3. The highest BCUT2D eigenvalue weighted by molar-refractivity contribution is 7.99. The average Bonchev–Trinajstić information content (AvgIpc) is 3.27. The first-order chi connectivity index (χ1) is 16.5. The summed E-state index contributed by atoms with van der Waals surface area (Å²) in [5.41, 5.74) is 2.92. The summed E-state index contributed by atoms with van der Waals surface area (Å²) in [5, 5.41) is 10.2. The minimum atomic E-state index is -0.162. The van der Waals surface area contributed by atoms with Gasteiger partial charge in [0.15, 0.2) is 11.0 Å². The van der Waals surface area contributed by atoms with Gasteiger partial charge in [-0.2, -0.15) is 0 Å². The van der Waals surface area contributed by atoms with Gasteiger partial charge in [0.1, 0.15) is 0 Å². The molecule has 9 heteroatoms. The van der Waals surface area contributed by atoms with Crippen molar-refractivity contribution in [2.75, 3.05) is 25.4 Å². The largest absolute Gasteiger partial charge is 0.466 e. The van der Waals surface area contributed by atoms with E-state index in [1.165, 1.54) is 11.8 Å². The smallest absolute Gasteiger partial charge is 0.309 e. The first kappa shape index (κ1) is 24.3. The number of carbonyl (C=O) groups excluding carboxylic acids is 2. The monoisotopic (exact) mass is 498 g/mol. The van der Waals surface area contributed by atoms with Gasteiger partial charge >= 0.3 is 5.97 Å². The maximum Gasteiger partial charge on any atom is 0.309 e. The molecule has 0 atom stereocenters. The second-order valence-corrected chi connectivity index (χ2v) is 9.51. The van der Waals surface area contributed by atoms with Crippen LogP contribution in [0, 0.1) is 12.8 Å². The molecular formula is C25H27ClN4O3S. The second-order valence-electron chi connectivity index (χ2n) is 8.13. The van der Waals surface area contributed by atoms with Crippen LogP contribution < -0.4 is 0 Å². The van der Waals surface area contributed by atoms with Gasteiger partial charge in [-0.15, -0.1) is 10.2 Å². The van der Waals surface area contributed by atoms with Crippen molar-refractivity contribution in [2.45, 2.75) is 31.8 Å². The van der Waals surface area contributed by atoms with E-state index in [-0.39, 0.29) is 23.5 Å². The Morgan fingerprint density at radius 1 is 1.09 bits per heavy atom. The minimum Gasteiger partial charge on any atom is -0.466 e. The Morgan fingerprint density at radius 3 is 2.47 bits per heavy atom. The molecule has 0 radical (unpaired) electrons. The summed E-state index contributed by atoms with van der Waals surface area (Å²) >= 11 is 7.44. The third-order valence-corrected chi connectivity index (χ3v) is 7.05. The van der Waals surface area contributed by atoms with E-state index in [0.717, 1.165) is 16.8 Å². The summed E-state index contributed by atoms with van der Waals surface area (Å²) in [6, 6.07) is 15.5. The fourth-order valence-corrected chi connectivity index (χ4v) is 5.00. The number of rotatable bonds is 7. The van der Waals surface area contributed by atoms with E-state index in [2.05, 4.69) is 10.2 Å². The Balaban J connectivity index is 1.50. The Bertz CT molecular complexity index is 1160. The van der Waals surface area contributed by atoms with Crippen molar-refractivity contribution in [1.82, 2.24) is 19.7 Å². The number of piperidine rings is 1. The number of carbonyl (C=O) groups is 2. The van der Waals surface area contributed by atoms with Gasteiger partial charge in [0, 0.05) is 23.7 Å². The lowest BCUT2D eigenvalue weighted by molar-refractivity contribution is -0.151. The van der Waals surface area contributed by atoms with Crippen molar-refractivity contribution in [3.8, 4) is 17.1 Å². The van der Waals surface area contributed by atoms with Crippen LogP contribution in [-0.4, -0.2) is 57.0 Å². The second kappa shape index (κ2) is 11.1. The maximum absolute atomic E-state index is 12.9. The molecule has 0 spiro atoms. The van der Waals surface area contributed by atoms with Crippen LogP contribution in [0.1, 0.15) is 25.3 Å². The molecule has 34 heavy (non-hydrogen) atoms. The third-order valence-electron chi connectivity index (χ3n) is 5.88. The summed E-state index contributed by atoms with van der Waals surface area (Å²) in [5.74, 6) is 0.679. The van der Waals surface area contributed by atoms with Gasteiger partial charge in [0.2, 0.25) is 5.91 Å². The van der Waals surface area contributed by atoms with Crippen LogP contribution in [0.5, 0.6) is 0 Å². The van der Waals surface area contributed by atoms with Crippen LogP contribution in [0.4, 0.5) is 0 Å². The van der Waals surface area contributed by atoms with Crippen molar-refractivity contribution in [2.24, 2.45) is 5.92 Å². The molecule has 1 fully saturated rings. The fraction of sp³-hybridized carbons (Fsp3) is 0.360. The Hall–Kier alpha value is -2.84. The molecule has 0 aliphatic carbocycles. The molecule has 1 saturated heterocycles. The number of halogens is 1. The quantitative estimate of drug-likeness (QED) is 0.344. The molecule has 0 saturated carbocycles. The number of para-hydroxylation sites is 1. The lowest BCUT2D eigenvalue weighted by Gasteiger charge is -2.30. The predicted octanol–water partition coefficient (Wildman–Crippen LogP) is 4.79. The molecule has 178 valence electrons. The number of amides is 1. The maximum atomic E-state index is 12.9. The molecule has 1 aliphatic heterocycles. The number of nitrogens with zero attached hydrogens (tertiary/aromatic N) is 4. The number of esters is 1. The number of benzene rings is 2. The Kier molecular flexibility index (Phi) is 7.90. The SMILES string of the molecule is CCOC(=O)C1CCN(C(=O)CSc2nnc(-c3ccc(Cl)cc3)n2-c2ccccc2C)CC1. The fourth-order valence-electron chi connectivity index (χ4n) is 4.02. The number of hydrogen-bond donors (Lipinski definition) is 0. The number of aromatic nitrogens is 3. The van der Waals surface area contributed by atoms with Crippen molar-refractivity contribution in [3.05, 3.63) is 59.1 Å². The average molecular weight is 499 g/mol. The summed E-state index contributed by atoms with van der Waals surface area (Å²) in [6.45, 7) is 5.34. The van der Waals surface area contributed by atoms with Gasteiger partial charge in [0.05, 0.1) is 24.0 Å². The van der Waals surface area contributed by atoms with Gasteiger partial charge in [0.25, 0.3) is 0 Å². The van der Waals surface area contributed by atoms with Crippen LogP contribution in [-0.2, 0) is 14.3 Å². The highest BCUT2D eigenvalue weighted by atomic mass is 35.5. The first-order valence-corrected chi connectivity index (χ1v) is 12.7. The van der Waals surface area contributed by atoms with Gasteiger partial charge in [-0.25, -0.2) is 0 Å². The van der Waals surface area contributed by atoms with Crippen molar-refractivity contribution < 1.29 is 14.3 Å². The number of thioether (sulfide) groups is 1. The van der Waals surface area contributed by atoms with Gasteiger partial charge < -0.3 is 9.64 Å². The van der Waals surface area contributed by atoms with E-state index >= 15 is 0 Å². The molecule has 2 heterocycles. The molecule has 7 nitrogen and oxygen atoms in total. The third kappa shape index (κ3) is 5.45. The van der Waals surface area contributed by atoms with Gasteiger partial charge in [-0.05, 0) is 62.6 Å². The van der Waals surface area contributed by atoms with Crippen molar-refractivity contribution in [3.63, 3.8) is 0 Å². The molecule has 0 unspecified atom stereocenters. The molecule has 1 amide bonds. The van der Waals surface area contributed by atoms with Crippen LogP contribution >= 0.6 is 23.4 Å². The van der Waals surface area contributed by atoms with E-state index in [0.29, 0.717) is 48.5 Å². The normalized spacial score (nSPS) is 14.3. The number of aryl methyl sites for hydroxylation is 1. The summed E-state index contributed by atoms with van der Waals surface area (Å²) in [4.78, 5) is 26.7. The number of likely N-dealkylation sites (tertiary alicyclic amines) is 1. The zero-order chi connectivity index (χ0) is 24.1. The lowest BCUT2D eigenvalue weighted by atomic mass is 9.97. The number of ether oxygens (including phenoxy) is 1. The van der Waals surface area contributed by atoms with Crippen molar-refractivity contribution >= 4 is 35.2 Å². The molecule has 4 rings (SSSR count). The standard InChI is InChI=1S/C25H27ClN4O3S/c1-3-33-24(32)19-12-14-29(15-13-19)22(31)16-34-25-28-27-23(18-8-10-20(26)11-9-18)30(25)21-7-5-4-6-17(21)2/h4-11,19H,3,12-16H2,1-2H3. The van der Waals surface area contributed by atoms with Crippen LogP contribution in [0.3, 0.4) is 0 Å². The Labute approximate surface area is 208 Å². The summed E-state index contributed by atoms with van der Waals surface area (Å²) < 4.78 is 7.11. The molecule has 0 bridgehead atoms. The van der Waals surface area contributed by atoms with Crippen LogP contribution in [0.25, 0.3) is 17.1 Å². The molecular weight excluding hydrogens is 472 g/mol. The van der Waals surface area contributed by atoms with E-state index in [9.17, 15) is 9.59 Å². The lowest BCUT2D eigenvalue weighted by Crippen LogP contribution is -2.41. The zero-order valence-electron chi connectivity index (χ0n) is 19.2. The molecule has 3 aromatic rings. The molecule has 0 N–H and O–H groups in total. The van der Waals surface area contributed by atoms with E-state index in [1.807, 2.05) is 71.8 Å². The summed E-state index contributed by atoms with van der Waals surface area (Å²) in [6.07, 6.45) is 1.27. The van der Waals surface area contributed by atoms with E-state index in [4.69, 9.17) is 16.3 Å². The molecule has 2 aromatic carbocycles. The van der Waals surface area contributed by atoms with Crippen LogP contribution in [0.15, 0.2) is 53.7 Å². The highest BCUT2D eigenvalue weighted by Crippen LogP contribution is 2.30. The highest BCUT2D eigenvalue weighted by Gasteiger charge is 2.28. The number of hydrogen-bond acceptors (Lipinski definition) is 6.